The molecule has 4 aromatic rings. The van der Waals surface area contributed by atoms with Gasteiger partial charge in [0, 0.05) is 10.9 Å². The van der Waals surface area contributed by atoms with E-state index in [1.807, 2.05) is 54.6 Å². The van der Waals surface area contributed by atoms with Crippen LogP contribution < -0.4 is 10.3 Å². The smallest absolute Gasteiger partial charge is 0.282 e. The van der Waals surface area contributed by atoms with Gasteiger partial charge in [-0.15, -0.1) is 0 Å². The predicted octanol–water partition coefficient (Wildman–Crippen LogP) is 7.49. The molecule has 0 aliphatic carbocycles. The van der Waals surface area contributed by atoms with E-state index in [1.54, 1.807) is 12.3 Å². The summed E-state index contributed by atoms with van der Waals surface area (Å²) in [4.78, 5) is 18.0. The van der Waals surface area contributed by atoms with Crippen LogP contribution in [0.2, 0.25) is 0 Å². The molecule has 34 heavy (non-hydrogen) atoms. The summed E-state index contributed by atoms with van der Waals surface area (Å²) in [5.41, 5.74) is 2.39. The zero-order chi connectivity index (χ0) is 24.1. The van der Waals surface area contributed by atoms with Crippen LogP contribution in [0.5, 0.6) is 5.75 Å². The number of hydrogen-bond acceptors (Lipinski definition) is 4. The Bertz CT molecular complexity index is 1380. The number of aryl methyl sites for hydroxylation is 1. The van der Waals surface area contributed by atoms with Gasteiger partial charge in [0.2, 0.25) is 0 Å². The van der Waals surface area contributed by atoms with Crippen LogP contribution in [0.25, 0.3) is 10.9 Å². The summed E-state index contributed by atoms with van der Waals surface area (Å²) in [5, 5.41) is 5.06. The first kappa shape index (κ1) is 24.8. The summed E-state index contributed by atoms with van der Waals surface area (Å²) in [6.45, 7) is 2.57. The number of hydrogen-bond donors (Lipinski definition) is 0. The second-order valence-electron chi connectivity index (χ2n) is 7.74. The van der Waals surface area contributed by atoms with Crippen LogP contribution in [0.3, 0.4) is 0 Å². The van der Waals surface area contributed by atoms with E-state index in [1.165, 1.54) is 4.68 Å². The van der Waals surface area contributed by atoms with Gasteiger partial charge in [-0.25, -0.2) is 4.98 Å². The Kier molecular flexibility index (Phi) is 8.34. The van der Waals surface area contributed by atoms with E-state index >= 15 is 0 Å². The highest BCUT2D eigenvalue weighted by molar-refractivity contribution is 9.11. The van der Waals surface area contributed by atoms with Gasteiger partial charge < -0.3 is 4.74 Å². The maximum absolute atomic E-state index is 13.2. The molecule has 0 fully saturated rings. The van der Waals surface area contributed by atoms with Gasteiger partial charge in [0.05, 0.1) is 26.1 Å². The average molecular weight is 648 g/mol. The largest absolute Gasteiger partial charge is 0.487 e. The zero-order valence-electron chi connectivity index (χ0n) is 18.5. The Morgan fingerprint density at radius 1 is 1.03 bits per heavy atom. The third-order valence-electron chi connectivity index (χ3n) is 5.20. The lowest BCUT2D eigenvalue weighted by molar-refractivity contribution is 0.302. The van der Waals surface area contributed by atoms with Gasteiger partial charge in [-0.05, 0) is 79.7 Å². The van der Waals surface area contributed by atoms with Crippen LogP contribution in [0, 0.1) is 0 Å². The number of benzene rings is 3. The molecular formula is C26H22Br3N3O2. The standard InChI is InChI=1S/C26H22Br3N3O2/c1-2-3-9-24-31-23-11-10-19(27)14-20(23)26(33)32(24)30-15-18-12-21(28)25(22(29)13-18)34-16-17-7-5-4-6-8-17/h4-8,10-15H,2-3,9,16H2,1H3. The van der Waals surface area contributed by atoms with Crippen molar-refractivity contribution in [2.24, 2.45) is 5.10 Å². The number of unbranched alkanes of at least 4 members (excludes halogenated alkanes) is 1. The van der Waals surface area contributed by atoms with Gasteiger partial charge in [-0.3, -0.25) is 4.79 Å². The normalized spacial score (nSPS) is 11.4. The summed E-state index contributed by atoms with van der Waals surface area (Å²) in [7, 11) is 0. The van der Waals surface area contributed by atoms with Crippen molar-refractivity contribution in [1.29, 1.82) is 0 Å². The lowest BCUT2D eigenvalue weighted by atomic mass is 10.2. The minimum absolute atomic E-state index is 0.186. The average Bonchev–Trinajstić information content (AvgIpc) is 2.83. The fourth-order valence-electron chi connectivity index (χ4n) is 3.46. The Hall–Kier alpha value is -2.29. The molecule has 8 heteroatoms. The first-order valence-corrected chi connectivity index (χ1v) is 13.3. The van der Waals surface area contributed by atoms with Crippen molar-refractivity contribution in [2.45, 2.75) is 32.8 Å². The summed E-state index contributed by atoms with van der Waals surface area (Å²) in [6, 6.07) is 19.3. The van der Waals surface area contributed by atoms with Crippen molar-refractivity contribution in [2.75, 3.05) is 0 Å². The second kappa shape index (κ2) is 11.4. The van der Waals surface area contributed by atoms with Gasteiger partial charge in [0.1, 0.15) is 18.2 Å². The molecule has 4 rings (SSSR count). The molecule has 0 radical (unpaired) electrons. The molecule has 0 atom stereocenters. The van der Waals surface area contributed by atoms with Crippen molar-refractivity contribution in [1.82, 2.24) is 9.66 Å². The van der Waals surface area contributed by atoms with Gasteiger partial charge in [-0.2, -0.15) is 9.78 Å². The molecule has 0 saturated heterocycles. The number of rotatable bonds is 8. The third kappa shape index (κ3) is 5.85. The van der Waals surface area contributed by atoms with Gasteiger partial charge >= 0.3 is 0 Å². The van der Waals surface area contributed by atoms with Crippen molar-refractivity contribution in [3.8, 4) is 5.75 Å². The van der Waals surface area contributed by atoms with E-state index in [4.69, 9.17) is 9.72 Å². The lowest BCUT2D eigenvalue weighted by Gasteiger charge is -2.12. The molecule has 0 unspecified atom stereocenters. The predicted molar refractivity (Wildman–Crippen MR) is 148 cm³/mol. The number of fused-ring (bicyclic) bond motifs is 1. The van der Waals surface area contributed by atoms with Crippen LogP contribution in [-0.2, 0) is 13.0 Å². The molecule has 0 saturated carbocycles. The molecule has 174 valence electrons. The fourth-order valence-corrected chi connectivity index (χ4v) is 5.27. The van der Waals surface area contributed by atoms with E-state index in [2.05, 4.69) is 59.8 Å². The van der Waals surface area contributed by atoms with Crippen molar-refractivity contribution >= 4 is 64.9 Å². The molecular weight excluding hydrogens is 626 g/mol. The molecule has 0 amide bonds. The Morgan fingerprint density at radius 3 is 2.47 bits per heavy atom. The monoisotopic (exact) mass is 645 g/mol. The molecule has 0 spiro atoms. The van der Waals surface area contributed by atoms with Crippen molar-refractivity contribution in [3.05, 3.63) is 101 Å². The summed E-state index contributed by atoms with van der Waals surface area (Å²) in [5.74, 6) is 1.36. The Balaban J connectivity index is 1.65. The van der Waals surface area contributed by atoms with Gasteiger partial charge in [0.15, 0.2) is 0 Å². The minimum atomic E-state index is -0.186. The number of nitrogens with zero attached hydrogens (tertiary/aromatic N) is 3. The maximum atomic E-state index is 13.2. The summed E-state index contributed by atoms with van der Waals surface area (Å²) in [6.07, 6.45) is 4.27. The highest BCUT2D eigenvalue weighted by Gasteiger charge is 2.12. The minimum Gasteiger partial charge on any atom is -0.487 e. The van der Waals surface area contributed by atoms with Crippen LogP contribution in [-0.4, -0.2) is 15.9 Å². The van der Waals surface area contributed by atoms with E-state index < -0.39 is 0 Å². The lowest BCUT2D eigenvalue weighted by Crippen LogP contribution is -2.22. The summed E-state index contributed by atoms with van der Waals surface area (Å²) >= 11 is 10.6. The van der Waals surface area contributed by atoms with Crippen LogP contribution >= 0.6 is 47.8 Å². The van der Waals surface area contributed by atoms with Crippen molar-refractivity contribution in [3.63, 3.8) is 0 Å². The molecule has 0 aliphatic rings. The maximum Gasteiger partial charge on any atom is 0.282 e. The first-order valence-electron chi connectivity index (χ1n) is 10.9. The zero-order valence-corrected chi connectivity index (χ0v) is 23.2. The molecule has 1 aromatic heterocycles. The highest BCUT2D eigenvalue weighted by Crippen LogP contribution is 2.35. The third-order valence-corrected chi connectivity index (χ3v) is 6.87. The molecule has 3 aromatic carbocycles. The quantitative estimate of drug-likeness (QED) is 0.186. The summed E-state index contributed by atoms with van der Waals surface area (Å²) < 4.78 is 9.82. The number of aromatic nitrogens is 2. The second-order valence-corrected chi connectivity index (χ2v) is 10.4. The first-order chi connectivity index (χ1) is 16.5. The van der Waals surface area contributed by atoms with Crippen LogP contribution in [0.1, 0.15) is 36.7 Å². The van der Waals surface area contributed by atoms with E-state index in [0.717, 1.165) is 37.4 Å². The van der Waals surface area contributed by atoms with Gasteiger partial charge in [-0.1, -0.05) is 59.6 Å². The molecule has 0 bridgehead atoms. The topological polar surface area (TPSA) is 56.5 Å². The molecule has 0 N–H and O–H groups in total. The number of halogens is 3. The van der Waals surface area contributed by atoms with E-state index in [0.29, 0.717) is 35.5 Å². The van der Waals surface area contributed by atoms with E-state index in [-0.39, 0.29) is 5.56 Å². The molecule has 0 aliphatic heterocycles. The SMILES string of the molecule is CCCCc1nc2ccc(Br)cc2c(=O)n1N=Cc1cc(Br)c(OCc2ccccc2)c(Br)c1. The van der Waals surface area contributed by atoms with E-state index in [9.17, 15) is 4.79 Å². The molecule has 5 nitrogen and oxygen atoms in total. The number of ether oxygens (including phenoxy) is 1. The fraction of sp³-hybridized carbons (Fsp3) is 0.192. The van der Waals surface area contributed by atoms with Gasteiger partial charge in [0.25, 0.3) is 5.56 Å². The van der Waals surface area contributed by atoms with Crippen molar-refractivity contribution < 1.29 is 4.74 Å². The Labute approximate surface area is 223 Å². The molecule has 1 heterocycles. The van der Waals surface area contributed by atoms with Crippen LogP contribution in [0.15, 0.2) is 84.0 Å². The van der Waals surface area contributed by atoms with Crippen LogP contribution in [0.4, 0.5) is 0 Å². The Morgan fingerprint density at radius 2 is 1.76 bits per heavy atom. The highest BCUT2D eigenvalue weighted by atomic mass is 79.9.